The maximum Gasteiger partial charge on any atom is 0.126 e. The third-order valence-electron chi connectivity index (χ3n) is 4.21. The summed E-state index contributed by atoms with van der Waals surface area (Å²) in [5.74, 6) is 1.14. The van der Waals surface area contributed by atoms with Crippen LogP contribution in [0.4, 0.5) is 4.39 Å². The molecule has 1 aliphatic rings. The summed E-state index contributed by atoms with van der Waals surface area (Å²) in [7, 11) is 0. The fraction of sp³-hybridized carbons (Fsp3) is 0.625. The molecule has 1 saturated carbocycles. The van der Waals surface area contributed by atoms with Gasteiger partial charge in [0.1, 0.15) is 5.82 Å². The number of hydrogen-bond donors (Lipinski definition) is 1. The summed E-state index contributed by atoms with van der Waals surface area (Å²) in [5.41, 5.74) is 0.779. The van der Waals surface area contributed by atoms with Crippen LogP contribution in [0.3, 0.4) is 0 Å². The largest absolute Gasteiger partial charge is 0.317 e. The summed E-state index contributed by atoms with van der Waals surface area (Å²) < 4.78 is 13.8. The summed E-state index contributed by atoms with van der Waals surface area (Å²) >= 11 is 5.98. The van der Waals surface area contributed by atoms with Crippen molar-refractivity contribution in [3.05, 3.63) is 34.6 Å². The average Bonchev–Trinajstić information content (AvgIpc) is 2.42. The molecular weight excluding hydrogens is 261 g/mol. The molecule has 0 spiro atoms. The van der Waals surface area contributed by atoms with E-state index in [4.69, 9.17) is 11.6 Å². The molecule has 2 unspecified atom stereocenters. The first-order valence-electron chi connectivity index (χ1n) is 7.35. The van der Waals surface area contributed by atoms with Gasteiger partial charge in [-0.1, -0.05) is 31.4 Å². The van der Waals surface area contributed by atoms with Gasteiger partial charge < -0.3 is 5.32 Å². The normalized spacial score (nSPS) is 23.5. The molecule has 19 heavy (non-hydrogen) atoms. The van der Waals surface area contributed by atoms with E-state index in [2.05, 4.69) is 12.2 Å². The zero-order valence-electron chi connectivity index (χ0n) is 11.6. The van der Waals surface area contributed by atoms with E-state index in [9.17, 15) is 4.39 Å². The molecule has 106 valence electrons. The smallest absolute Gasteiger partial charge is 0.126 e. The quantitative estimate of drug-likeness (QED) is 0.842. The minimum absolute atomic E-state index is 0.114. The van der Waals surface area contributed by atoms with Crippen LogP contribution in [0.5, 0.6) is 0 Å². The van der Waals surface area contributed by atoms with Crippen molar-refractivity contribution in [2.24, 2.45) is 11.8 Å². The van der Waals surface area contributed by atoms with Gasteiger partial charge in [0.25, 0.3) is 0 Å². The van der Waals surface area contributed by atoms with Crippen molar-refractivity contribution in [1.82, 2.24) is 5.32 Å². The molecule has 0 radical (unpaired) electrons. The lowest BCUT2D eigenvalue weighted by atomic mass is 9.76. The van der Waals surface area contributed by atoms with E-state index < -0.39 is 0 Å². The third-order valence-corrected chi connectivity index (χ3v) is 4.45. The zero-order chi connectivity index (χ0) is 13.7. The van der Waals surface area contributed by atoms with Crippen molar-refractivity contribution in [3.63, 3.8) is 0 Å². The van der Waals surface area contributed by atoms with E-state index in [1.165, 1.54) is 31.7 Å². The summed E-state index contributed by atoms with van der Waals surface area (Å²) in [6.45, 7) is 4.20. The molecule has 0 amide bonds. The number of rotatable bonds is 5. The Kier molecular flexibility index (Phi) is 5.65. The molecule has 1 aliphatic carbocycles. The van der Waals surface area contributed by atoms with Crippen molar-refractivity contribution < 1.29 is 4.39 Å². The van der Waals surface area contributed by atoms with E-state index in [-0.39, 0.29) is 5.82 Å². The fourth-order valence-electron chi connectivity index (χ4n) is 3.13. The minimum atomic E-state index is -0.114. The zero-order valence-corrected chi connectivity index (χ0v) is 12.3. The van der Waals surface area contributed by atoms with Crippen molar-refractivity contribution >= 4 is 11.6 Å². The van der Waals surface area contributed by atoms with Crippen LogP contribution < -0.4 is 5.32 Å². The molecule has 0 heterocycles. The van der Waals surface area contributed by atoms with Gasteiger partial charge in [-0.3, -0.25) is 0 Å². The van der Waals surface area contributed by atoms with Crippen LogP contribution in [0, 0.1) is 17.7 Å². The maximum atomic E-state index is 13.8. The monoisotopic (exact) mass is 283 g/mol. The maximum absolute atomic E-state index is 13.8. The molecular formula is C16H23ClFN. The molecule has 0 aromatic heterocycles. The Morgan fingerprint density at radius 2 is 2.00 bits per heavy atom. The summed E-state index contributed by atoms with van der Waals surface area (Å²) in [4.78, 5) is 0. The first-order chi connectivity index (χ1) is 9.20. The molecule has 0 saturated heterocycles. The van der Waals surface area contributed by atoms with Crippen LogP contribution in [0.15, 0.2) is 18.2 Å². The molecule has 2 atom stereocenters. The number of hydrogen-bond acceptors (Lipinski definition) is 1. The molecule has 0 bridgehead atoms. The lowest BCUT2D eigenvalue weighted by Crippen LogP contribution is -2.31. The van der Waals surface area contributed by atoms with Gasteiger partial charge in [0.05, 0.1) is 0 Å². The Morgan fingerprint density at radius 3 is 2.74 bits per heavy atom. The topological polar surface area (TPSA) is 12.0 Å². The van der Waals surface area contributed by atoms with E-state index in [1.807, 2.05) is 0 Å². The number of nitrogens with one attached hydrogen (secondary N) is 1. The highest BCUT2D eigenvalue weighted by atomic mass is 35.5. The van der Waals surface area contributed by atoms with Crippen LogP contribution >= 0.6 is 11.6 Å². The van der Waals surface area contributed by atoms with Gasteiger partial charge in [-0.2, -0.15) is 0 Å². The summed E-state index contributed by atoms with van der Waals surface area (Å²) in [5, 5.41) is 4.07. The predicted molar refractivity (Wildman–Crippen MR) is 79.1 cm³/mol. The standard InChI is InChI=1S/C16H23ClFN/c1-2-19-11-13-6-4-3-5-12(13)9-14-10-15(17)7-8-16(14)18/h7-8,10,12-13,19H,2-6,9,11H2,1H3. The van der Waals surface area contributed by atoms with Crippen LogP contribution in [-0.4, -0.2) is 13.1 Å². The predicted octanol–water partition coefficient (Wildman–Crippen LogP) is 4.44. The fourth-order valence-corrected chi connectivity index (χ4v) is 3.33. The summed E-state index contributed by atoms with van der Waals surface area (Å²) in [6, 6.07) is 4.90. The molecule has 1 N–H and O–H groups in total. The molecule has 1 aromatic rings. The van der Waals surface area contributed by atoms with Crippen LogP contribution in [0.2, 0.25) is 5.02 Å². The Bertz CT molecular complexity index is 408. The first-order valence-corrected chi connectivity index (χ1v) is 7.73. The highest BCUT2D eigenvalue weighted by Gasteiger charge is 2.25. The Labute approximate surface area is 120 Å². The van der Waals surface area contributed by atoms with E-state index in [0.717, 1.165) is 25.1 Å². The summed E-state index contributed by atoms with van der Waals surface area (Å²) in [6.07, 6.45) is 5.88. The first kappa shape index (κ1) is 14.8. The van der Waals surface area contributed by atoms with Gasteiger partial charge in [-0.25, -0.2) is 4.39 Å². The second-order valence-corrected chi connectivity index (χ2v) is 5.99. The number of halogens is 2. The minimum Gasteiger partial charge on any atom is -0.317 e. The van der Waals surface area contributed by atoms with Crippen molar-refractivity contribution in [3.8, 4) is 0 Å². The highest BCUT2D eigenvalue weighted by Crippen LogP contribution is 2.33. The molecule has 2 rings (SSSR count). The molecule has 3 heteroatoms. The molecule has 1 aromatic carbocycles. The van der Waals surface area contributed by atoms with E-state index in [1.54, 1.807) is 12.1 Å². The third kappa shape index (κ3) is 4.19. The van der Waals surface area contributed by atoms with E-state index >= 15 is 0 Å². The number of benzene rings is 1. The van der Waals surface area contributed by atoms with Gasteiger partial charge in [-0.05, 0) is 68.0 Å². The lowest BCUT2D eigenvalue weighted by molar-refractivity contribution is 0.228. The lowest BCUT2D eigenvalue weighted by Gasteiger charge is -2.32. The van der Waals surface area contributed by atoms with E-state index in [0.29, 0.717) is 16.9 Å². The second kappa shape index (κ2) is 7.25. The molecule has 1 nitrogen and oxygen atoms in total. The van der Waals surface area contributed by atoms with Crippen molar-refractivity contribution in [2.75, 3.05) is 13.1 Å². The van der Waals surface area contributed by atoms with Crippen LogP contribution in [-0.2, 0) is 6.42 Å². The van der Waals surface area contributed by atoms with Gasteiger partial charge in [-0.15, -0.1) is 0 Å². The average molecular weight is 284 g/mol. The Balaban J connectivity index is 2.04. The van der Waals surface area contributed by atoms with Crippen molar-refractivity contribution in [1.29, 1.82) is 0 Å². The highest BCUT2D eigenvalue weighted by molar-refractivity contribution is 6.30. The van der Waals surface area contributed by atoms with Gasteiger partial charge in [0.15, 0.2) is 0 Å². The van der Waals surface area contributed by atoms with Gasteiger partial charge >= 0.3 is 0 Å². The van der Waals surface area contributed by atoms with Crippen LogP contribution in [0.25, 0.3) is 0 Å². The Hall–Kier alpha value is -0.600. The Morgan fingerprint density at radius 1 is 1.26 bits per heavy atom. The van der Waals surface area contributed by atoms with Gasteiger partial charge in [0, 0.05) is 5.02 Å². The molecule has 1 fully saturated rings. The SMILES string of the molecule is CCNCC1CCCCC1Cc1cc(Cl)ccc1F. The van der Waals surface area contributed by atoms with Gasteiger partial charge in [0.2, 0.25) is 0 Å². The molecule has 0 aliphatic heterocycles. The van der Waals surface area contributed by atoms with Crippen LogP contribution in [0.1, 0.15) is 38.2 Å². The van der Waals surface area contributed by atoms with Crippen molar-refractivity contribution in [2.45, 2.75) is 39.0 Å². The second-order valence-electron chi connectivity index (χ2n) is 5.55.